The van der Waals surface area contributed by atoms with E-state index < -0.39 is 0 Å². The van der Waals surface area contributed by atoms with E-state index in [1.54, 1.807) is 0 Å². The molecule has 0 aromatic rings. The molecule has 0 amide bonds. The molecule has 0 spiro atoms. The van der Waals surface area contributed by atoms with Crippen LogP contribution >= 0.6 is 0 Å². The van der Waals surface area contributed by atoms with Gasteiger partial charge in [-0.2, -0.15) is 0 Å². The van der Waals surface area contributed by atoms with Gasteiger partial charge < -0.3 is 10.1 Å². The van der Waals surface area contributed by atoms with E-state index in [0.29, 0.717) is 6.10 Å². The van der Waals surface area contributed by atoms with Crippen molar-refractivity contribution in [2.45, 2.75) is 245 Å². The quantitative estimate of drug-likeness (QED) is 0.0702. The second-order valence-electron chi connectivity index (χ2n) is 14.1. The number of unbranched alkanes of at least 4 members (excludes halogenated alkanes) is 28. The van der Waals surface area contributed by atoms with E-state index >= 15 is 0 Å². The second kappa shape index (κ2) is 39.9. The lowest BCUT2D eigenvalue weighted by Crippen LogP contribution is -2.16. The van der Waals surface area contributed by atoms with Crippen LogP contribution in [0.25, 0.3) is 0 Å². The summed E-state index contributed by atoms with van der Waals surface area (Å²) in [6, 6.07) is 0. The highest BCUT2D eigenvalue weighted by Gasteiger charge is 2.09. The summed E-state index contributed by atoms with van der Waals surface area (Å²) in [5, 5.41) is 3.69. The number of rotatable bonds is 39. The number of ether oxygens (including phenoxy) is 1. The van der Waals surface area contributed by atoms with Crippen LogP contribution in [0, 0.1) is 0 Å². The van der Waals surface area contributed by atoms with E-state index in [1.807, 2.05) is 0 Å². The molecular weight excluding hydrogens is 522 g/mol. The van der Waals surface area contributed by atoms with E-state index in [2.05, 4.69) is 26.1 Å². The molecule has 1 N–H and O–H groups in total. The largest absolute Gasteiger partial charge is 0.378 e. The maximum absolute atomic E-state index is 6.44. The minimum atomic E-state index is 0.532. The Morgan fingerprint density at radius 1 is 0.326 bits per heavy atom. The van der Waals surface area contributed by atoms with Gasteiger partial charge in [-0.1, -0.05) is 207 Å². The summed E-state index contributed by atoms with van der Waals surface area (Å²) in [6.45, 7) is 10.4. The number of nitrogens with one attached hydrogen (secondary N) is 1. The molecule has 0 atom stereocenters. The van der Waals surface area contributed by atoms with Gasteiger partial charge in [0.25, 0.3) is 0 Å². The van der Waals surface area contributed by atoms with Crippen LogP contribution in [0.1, 0.15) is 239 Å². The zero-order valence-electron chi connectivity index (χ0n) is 30.6. The van der Waals surface area contributed by atoms with Gasteiger partial charge in [-0.05, 0) is 45.2 Å². The molecule has 0 heterocycles. The number of hydrogen-bond donors (Lipinski definition) is 1. The summed E-state index contributed by atoms with van der Waals surface area (Å²) < 4.78 is 6.44. The van der Waals surface area contributed by atoms with Crippen molar-refractivity contribution in [1.82, 2.24) is 5.32 Å². The lowest BCUT2D eigenvalue weighted by atomic mass is 10.0. The topological polar surface area (TPSA) is 21.3 Å². The van der Waals surface area contributed by atoms with Gasteiger partial charge >= 0.3 is 0 Å². The van der Waals surface area contributed by atoms with E-state index in [1.165, 1.54) is 231 Å². The Morgan fingerprint density at radius 2 is 0.605 bits per heavy atom. The van der Waals surface area contributed by atoms with Gasteiger partial charge in [0.1, 0.15) is 0 Å². The third-order valence-corrected chi connectivity index (χ3v) is 9.57. The first-order chi connectivity index (χ1) is 21.3. The van der Waals surface area contributed by atoms with Crippen molar-refractivity contribution in [1.29, 1.82) is 0 Å². The maximum Gasteiger partial charge on any atom is 0.0575 e. The van der Waals surface area contributed by atoms with Crippen LogP contribution < -0.4 is 5.32 Å². The fourth-order valence-corrected chi connectivity index (χ4v) is 6.49. The molecule has 0 saturated heterocycles. The average Bonchev–Trinajstić information content (AvgIpc) is 3.02. The fraction of sp³-hybridized carbons (Fsp3) is 1.00. The smallest absolute Gasteiger partial charge is 0.0575 e. The second-order valence-corrected chi connectivity index (χ2v) is 14.1. The normalized spacial score (nSPS) is 11.7. The molecule has 0 aliphatic rings. The molecule has 0 aromatic carbocycles. The summed E-state index contributed by atoms with van der Waals surface area (Å²) >= 11 is 0. The lowest BCUT2D eigenvalue weighted by Gasteiger charge is -2.18. The van der Waals surface area contributed by atoms with E-state index in [-0.39, 0.29) is 0 Å². The third-order valence-electron chi connectivity index (χ3n) is 9.57. The molecule has 0 unspecified atom stereocenters. The minimum Gasteiger partial charge on any atom is -0.378 e. The van der Waals surface area contributed by atoms with Gasteiger partial charge in [0.05, 0.1) is 6.10 Å². The third kappa shape index (κ3) is 38.0. The standard InChI is InChI=1S/C41H85NO/c1-4-7-10-13-16-17-18-19-20-21-23-28-33-38-42-39-34-29-24-22-25-30-35-40-43-41(36-31-26-14-11-8-5-2)37-32-27-15-12-9-6-3/h41-42H,4-40H2,1-3H3. The first kappa shape index (κ1) is 42.9. The Bertz CT molecular complexity index is 451. The highest BCUT2D eigenvalue weighted by atomic mass is 16.5. The highest BCUT2D eigenvalue weighted by molar-refractivity contribution is 4.61. The predicted molar refractivity (Wildman–Crippen MR) is 197 cm³/mol. The molecule has 260 valence electrons. The van der Waals surface area contributed by atoms with Crippen LogP contribution in [0.2, 0.25) is 0 Å². The fourth-order valence-electron chi connectivity index (χ4n) is 6.49. The Hall–Kier alpha value is -0.0800. The molecule has 0 aliphatic carbocycles. The van der Waals surface area contributed by atoms with Gasteiger partial charge in [-0.3, -0.25) is 0 Å². The van der Waals surface area contributed by atoms with Gasteiger partial charge in [-0.15, -0.1) is 0 Å². The molecule has 0 aliphatic heterocycles. The monoisotopic (exact) mass is 608 g/mol. The van der Waals surface area contributed by atoms with Crippen LogP contribution in [0.15, 0.2) is 0 Å². The van der Waals surface area contributed by atoms with Crippen LogP contribution in [-0.4, -0.2) is 25.8 Å². The van der Waals surface area contributed by atoms with Gasteiger partial charge in [-0.25, -0.2) is 0 Å². The van der Waals surface area contributed by atoms with Crippen LogP contribution in [0.5, 0.6) is 0 Å². The molecule has 0 bridgehead atoms. The zero-order chi connectivity index (χ0) is 31.2. The van der Waals surface area contributed by atoms with Gasteiger partial charge in [0.15, 0.2) is 0 Å². The Kier molecular flexibility index (Phi) is 39.9. The van der Waals surface area contributed by atoms with E-state index in [4.69, 9.17) is 4.74 Å². The molecule has 2 nitrogen and oxygen atoms in total. The summed E-state index contributed by atoms with van der Waals surface area (Å²) in [7, 11) is 0. The Balaban J connectivity index is 3.47. The van der Waals surface area contributed by atoms with Crippen molar-refractivity contribution < 1.29 is 4.74 Å². The maximum atomic E-state index is 6.44. The summed E-state index contributed by atoms with van der Waals surface area (Å²) in [4.78, 5) is 0. The van der Waals surface area contributed by atoms with E-state index in [0.717, 1.165) is 6.61 Å². The Labute approximate surface area is 274 Å². The van der Waals surface area contributed by atoms with Crippen LogP contribution in [0.4, 0.5) is 0 Å². The molecular formula is C41H85NO. The van der Waals surface area contributed by atoms with Gasteiger partial charge in [0.2, 0.25) is 0 Å². The lowest BCUT2D eigenvalue weighted by molar-refractivity contribution is 0.0357. The van der Waals surface area contributed by atoms with Crippen molar-refractivity contribution in [2.24, 2.45) is 0 Å². The van der Waals surface area contributed by atoms with Crippen molar-refractivity contribution in [3.8, 4) is 0 Å². The SMILES string of the molecule is CCCCCCCCCCCCCCCNCCCCCCCCCOC(CCCCCCCC)CCCCCCCC. The molecule has 0 aromatic heterocycles. The summed E-state index contributed by atoms with van der Waals surface area (Å²) in [5.74, 6) is 0. The highest BCUT2D eigenvalue weighted by Crippen LogP contribution is 2.18. The van der Waals surface area contributed by atoms with E-state index in [9.17, 15) is 0 Å². The summed E-state index contributed by atoms with van der Waals surface area (Å²) in [6.07, 6.45) is 48.3. The average molecular weight is 608 g/mol. The molecule has 43 heavy (non-hydrogen) atoms. The van der Waals surface area contributed by atoms with Crippen molar-refractivity contribution >= 4 is 0 Å². The predicted octanol–water partition coefficient (Wildman–Crippen LogP) is 14.3. The first-order valence-electron chi connectivity index (χ1n) is 20.7. The molecule has 0 radical (unpaired) electrons. The first-order valence-corrected chi connectivity index (χ1v) is 20.7. The molecule has 0 fully saturated rings. The van der Waals surface area contributed by atoms with Crippen LogP contribution in [-0.2, 0) is 4.74 Å². The number of hydrogen-bond acceptors (Lipinski definition) is 2. The molecule has 2 heteroatoms. The minimum absolute atomic E-state index is 0.532. The Morgan fingerprint density at radius 3 is 0.953 bits per heavy atom. The van der Waals surface area contributed by atoms with Gasteiger partial charge in [0, 0.05) is 6.61 Å². The zero-order valence-corrected chi connectivity index (χ0v) is 30.6. The van der Waals surface area contributed by atoms with Crippen LogP contribution in [0.3, 0.4) is 0 Å². The van der Waals surface area contributed by atoms with Crippen molar-refractivity contribution in [3.05, 3.63) is 0 Å². The molecule has 0 saturated carbocycles. The molecule has 0 rings (SSSR count). The summed E-state index contributed by atoms with van der Waals surface area (Å²) in [5.41, 5.74) is 0. The van der Waals surface area contributed by atoms with Crippen molar-refractivity contribution in [3.63, 3.8) is 0 Å². The van der Waals surface area contributed by atoms with Crippen molar-refractivity contribution in [2.75, 3.05) is 19.7 Å².